The molecule has 0 N–H and O–H groups in total. The van der Waals surface area contributed by atoms with Crippen molar-refractivity contribution < 1.29 is 98.0 Å². The molecule has 15 heteroatoms. The van der Waals surface area contributed by atoms with Crippen LogP contribution < -0.4 is 59.1 Å². The Hall–Kier alpha value is 2.08. The second kappa shape index (κ2) is 11.6. The van der Waals surface area contributed by atoms with Gasteiger partial charge < -0.3 is 13.7 Å². The van der Waals surface area contributed by atoms with Gasteiger partial charge in [0.1, 0.15) is 17.3 Å². The van der Waals surface area contributed by atoms with Crippen molar-refractivity contribution in [2.45, 2.75) is 0 Å². The number of hydrogen-bond donors (Lipinski definition) is 0. The second-order valence-corrected chi connectivity index (χ2v) is 10.5. The maximum Gasteiger partial charge on any atom is 1.00 e. The van der Waals surface area contributed by atoms with Gasteiger partial charge in [-0.1, -0.05) is 0 Å². The Labute approximate surface area is 171 Å². The molecule has 0 unspecified atom stereocenters. The first-order valence-corrected chi connectivity index (χ1v) is 11.2. The average molecular weight is 402 g/mol. The van der Waals surface area contributed by atoms with Crippen LogP contribution in [-0.2, 0) is 41.2 Å². The zero-order chi connectivity index (χ0) is 15.3. The van der Waals surface area contributed by atoms with Gasteiger partial charge in [-0.25, -0.2) is 25.3 Å². The van der Waals surface area contributed by atoms with E-state index in [1.165, 1.54) is 0 Å². The summed E-state index contributed by atoms with van der Waals surface area (Å²) in [5.74, 6) is -3.19. The van der Waals surface area contributed by atoms with Gasteiger partial charge in [0.05, 0.1) is 47.6 Å². The monoisotopic (exact) mass is 402 g/mol. The van der Waals surface area contributed by atoms with Crippen molar-refractivity contribution in [3.63, 3.8) is 0 Å². The minimum atomic E-state index is -4.52. The Kier molecular flexibility index (Phi) is 15.4. The van der Waals surface area contributed by atoms with Gasteiger partial charge in [-0.05, 0) is 10.9 Å². The van der Waals surface area contributed by atoms with Crippen LogP contribution in [0, 0.1) is 0 Å². The molecular weight excluding hydrogens is 390 g/mol. The van der Waals surface area contributed by atoms with E-state index in [9.17, 15) is 38.9 Å². The van der Waals surface area contributed by atoms with E-state index < -0.39 is 58.5 Å². The third-order valence-corrected chi connectivity index (χ3v) is 7.10. The minimum absolute atomic E-state index is 0. The summed E-state index contributed by atoms with van der Waals surface area (Å²) in [6.45, 7) is 0. The molecule has 0 rings (SSSR count). The molecule has 0 atom stereocenters. The molecule has 21 heavy (non-hydrogen) atoms. The topological polar surface area (TPSA) is 172 Å². The predicted octanol–water partition coefficient (Wildman–Crippen LogP) is -8.75. The van der Waals surface area contributed by atoms with Gasteiger partial charge >= 0.3 is 59.1 Å². The Morgan fingerprint density at radius 3 is 0.905 bits per heavy atom. The summed E-state index contributed by atoms with van der Waals surface area (Å²) >= 11 is 0. The van der Waals surface area contributed by atoms with Crippen LogP contribution in [0.5, 0.6) is 0 Å². The normalized spacial score (nSPS) is 12.6. The molecule has 0 saturated heterocycles. The van der Waals surface area contributed by atoms with Gasteiger partial charge in [0.15, 0.2) is 0 Å². The van der Waals surface area contributed by atoms with Crippen molar-refractivity contribution in [1.82, 2.24) is 0 Å². The van der Waals surface area contributed by atoms with E-state index in [1.807, 2.05) is 0 Å². The van der Waals surface area contributed by atoms with Gasteiger partial charge in [-0.3, -0.25) is 0 Å². The first kappa shape index (κ1) is 27.9. The Balaban J connectivity index is -0.00000162. The molecule has 0 aromatic rings. The van der Waals surface area contributed by atoms with Crippen molar-refractivity contribution in [3.05, 3.63) is 0 Å². The summed E-state index contributed by atoms with van der Waals surface area (Å²) in [6.07, 6.45) is 0. The predicted molar refractivity (Wildman–Crippen MR) is 65.7 cm³/mol. The molecule has 0 heterocycles. The zero-order valence-electron chi connectivity index (χ0n) is 11.5. The maximum absolute atomic E-state index is 10.4. The van der Waals surface area contributed by atoms with E-state index in [1.54, 1.807) is 0 Å². The van der Waals surface area contributed by atoms with Gasteiger partial charge in [-0.15, -0.1) is 0 Å². The van der Waals surface area contributed by atoms with E-state index in [0.29, 0.717) is 0 Å². The number of hydrogen-bond acceptors (Lipinski definition) is 9. The van der Waals surface area contributed by atoms with E-state index in [0.717, 1.165) is 0 Å². The van der Waals surface area contributed by atoms with Gasteiger partial charge in [0.25, 0.3) is 0 Å². The molecule has 9 nitrogen and oxygen atoms in total. The van der Waals surface area contributed by atoms with Crippen molar-refractivity contribution in [2.75, 3.05) is 34.5 Å². The van der Waals surface area contributed by atoms with E-state index in [4.69, 9.17) is 0 Å². The maximum atomic E-state index is 10.4. The second-order valence-electron chi connectivity index (χ2n) is 3.51. The largest absolute Gasteiger partial charge is 1.00 e. The molecule has 0 aromatic carbocycles. The molecule has 0 fully saturated rings. The summed E-state index contributed by atoms with van der Waals surface area (Å²) < 4.78 is 93.8. The van der Waals surface area contributed by atoms with Crippen molar-refractivity contribution in [2.24, 2.45) is 0 Å². The molecule has 0 aliphatic rings. The van der Waals surface area contributed by atoms with E-state index in [-0.39, 0.29) is 76.4 Å². The van der Waals surface area contributed by atoms with Crippen molar-refractivity contribution in [1.29, 1.82) is 0 Å². The average Bonchev–Trinajstić information content (AvgIpc) is 2.11. The molecule has 0 aliphatic heterocycles. The first-order valence-electron chi connectivity index (χ1n) is 4.73. The van der Waals surface area contributed by atoms with Crippen LogP contribution in [0.3, 0.4) is 0 Å². The van der Waals surface area contributed by atoms with Crippen LogP contribution in [0.15, 0.2) is 0 Å². The van der Waals surface area contributed by atoms with Gasteiger partial charge in [0, 0.05) is 0 Å². The molecule has 0 aromatic heterocycles. The van der Waals surface area contributed by atoms with Crippen LogP contribution in [0.25, 0.3) is 0 Å². The fraction of sp³-hybridized carbons (Fsp3) is 1.00. The zero-order valence-corrected chi connectivity index (χ0v) is 18.8. The summed E-state index contributed by atoms with van der Waals surface area (Å²) in [5.41, 5.74) is 0. The Morgan fingerprint density at radius 2 is 0.762 bits per heavy atom. The fourth-order valence-electron chi connectivity index (χ4n) is 0.966. The summed E-state index contributed by atoms with van der Waals surface area (Å²) in [6, 6.07) is 0. The molecule has 116 valence electrons. The van der Waals surface area contributed by atoms with Crippen molar-refractivity contribution in [3.8, 4) is 0 Å². The Morgan fingerprint density at radius 1 is 0.571 bits per heavy atom. The molecule has 0 aliphatic carbocycles. The molecule has 0 bridgehead atoms. The fourth-order valence-corrected chi connectivity index (χ4v) is 6.86. The van der Waals surface area contributed by atoms with Gasteiger partial charge in [0.2, 0.25) is 0 Å². The SMILES string of the molecule is O=S(=O)([O-])CC[S+](CCS(=O)(=O)[O-])CCS(=O)(=O)[O-].[Na+].[Na+]. The summed E-state index contributed by atoms with van der Waals surface area (Å²) in [7, 11) is -14.7. The van der Waals surface area contributed by atoms with Crippen molar-refractivity contribution >= 4 is 41.2 Å². The molecule has 0 saturated carbocycles. The third kappa shape index (κ3) is 22.1. The molecule has 0 radical (unpaired) electrons. The van der Waals surface area contributed by atoms with Crippen LogP contribution >= 0.6 is 0 Å². The van der Waals surface area contributed by atoms with Crippen LogP contribution in [-0.4, -0.2) is 73.4 Å². The van der Waals surface area contributed by atoms with Crippen LogP contribution in [0.4, 0.5) is 0 Å². The number of rotatable bonds is 9. The standard InChI is InChI=1S/C6H14O9S4.2Na/c7-17(8,9)4-1-16(2-5-18(10,11)12)3-6-19(13,14)15;;/h1-6H2,(H2-,7,8,9,10,11,12,13,14,15);;/q;2*+1/p-2. The first-order chi connectivity index (χ1) is 8.29. The minimum Gasteiger partial charge on any atom is -0.748 e. The van der Waals surface area contributed by atoms with Crippen LogP contribution in [0.2, 0.25) is 0 Å². The van der Waals surface area contributed by atoms with E-state index in [2.05, 4.69) is 0 Å². The van der Waals surface area contributed by atoms with Crippen LogP contribution in [0.1, 0.15) is 0 Å². The van der Waals surface area contributed by atoms with E-state index >= 15 is 0 Å². The summed E-state index contributed by atoms with van der Waals surface area (Å²) in [4.78, 5) is 0. The third-order valence-electron chi connectivity index (χ3n) is 1.87. The smallest absolute Gasteiger partial charge is 0.748 e. The molecule has 0 amide bonds. The summed E-state index contributed by atoms with van der Waals surface area (Å²) in [5, 5.41) is 0. The molecular formula is C6H12Na2O9S4. The Bertz CT molecular complexity index is 496. The quantitative estimate of drug-likeness (QED) is 0.206. The molecule has 0 spiro atoms. The van der Waals surface area contributed by atoms with Gasteiger partial charge in [-0.2, -0.15) is 0 Å².